The molecule has 3 aromatic rings. The number of aromatic nitrogens is 2. The molecule has 0 unspecified atom stereocenters. The summed E-state index contributed by atoms with van der Waals surface area (Å²) in [6.07, 6.45) is 2.54. The first kappa shape index (κ1) is 21.7. The third kappa shape index (κ3) is 4.79. The van der Waals surface area contributed by atoms with Gasteiger partial charge in [0.15, 0.2) is 0 Å². The fourth-order valence-corrected chi connectivity index (χ4v) is 4.37. The van der Waals surface area contributed by atoms with Gasteiger partial charge in [0.1, 0.15) is 5.82 Å². The Balaban J connectivity index is 1.28. The smallest absolute Gasteiger partial charge is 0.251 e. The number of halogens is 1. The molecule has 1 N–H and O–H groups in total. The molecule has 2 aliphatic rings. The van der Waals surface area contributed by atoms with Crippen LogP contribution in [0.5, 0.6) is 0 Å². The Hall–Kier alpha value is -3.16. The largest absolute Gasteiger partial charge is 0.376 e. The minimum absolute atomic E-state index is 0.0587. The number of benzene rings is 2. The summed E-state index contributed by atoms with van der Waals surface area (Å²) < 4.78 is 7.42. The van der Waals surface area contributed by atoms with Crippen LogP contribution in [0.3, 0.4) is 0 Å². The Kier molecular flexibility index (Phi) is 6.15. The van der Waals surface area contributed by atoms with Crippen molar-refractivity contribution >= 4 is 29.2 Å². The van der Waals surface area contributed by atoms with Crippen LogP contribution in [0.25, 0.3) is 11.3 Å². The van der Waals surface area contributed by atoms with Crippen LogP contribution in [-0.2, 0) is 22.6 Å². The molecule has 2 amide bonds. The molecule has 2 aromatic carbocycles. The third-order valence-corrected chi connectivity index (χ3v) is 6.34. The highest BCUT2D eigenvalue weighted by Crippen LogP contribution is 2.30. The average Bonchev–Trinajstić information content (AvgIpc) is 3.50. The lowest BCUT2D eigenvalue weighted by atomic mass is 10.1. The molecule has 3 heterocycles. The van der Waals surface area contributed by atoms with Crippen LogP contribution in [0.1, 0.15) is 35.2 Å². The van der Waals surface area contributed by atoms with E-state index in [0.29, 0.717) is 36.6 Å². The molecule has 0 aliphatic carbocycles. The number of rotatable bonds is 6. The highest BCUT2D eigenvalue weighted by Gasteiger charge is 2.26. The molecule has 170 valence electrons. The molecule has 1 saturated heterocycles. The molecule has 33 heavy (non-hydrogen) atoms. The number of hydrogen-bond acceptors (Lipinski definition) is 4. The van der Waals surface area contributed by atoms with E-state index in [-0.39, 0.29) is 17.9 Å². The number of fused-ring (bicyclic) bond motifs is 1. The number of aryl methyl sites for hydroxylation is 1. The normalized spacial score (nSPS) is 17.8. The monoisotopic (exact) mass is 464 g/mol. The Bertz CT molecular complexity index is 1150. The number of ether oxygens (including phenoxy) is 1. The first-order valence-electron chi connectivity index (χ1n) is 11.2. The van der Waals surface area contributed by atoms with Crippen molar-refractivity contribution in [3.8, 4) is 11.3 Å². The SMILES string of the molecule is O=C(NC[C@H]1CCCO1)c1ccc(CN2C(=O)CCn3nc(-c4ccc(Cl)cc4)cc32)cc1. The van der Waals surface area contributed by atoms with Gasteiger partial charge >= 0.3 is 0 Å². The highest BCUT2D eigenvalue weighted by molar-refractivity contribution is 6.30. The van der Waals surface area contributed by atoms with Crippen molar-refractivity contribution in [2.75, 3.05) is 18.1 Å². The number of nitrogens with one attached hydrogen (secondary N) is 1. The van der Waals surface area contributed by atoms with Gasteiger partial charge in [-0.15, -0.1) is 0 Å². The molecule has 7 nitrogen and oxygen atoms in total. The summed E-state index contributed by atoms with van der Waals surface area (Å²) in [6, 6.07) is 16.8. The standard InChI is InChI=1S/C25H25ClN4O3/c26-20-9-7-18(8-10-20)22-14-23-29(24(31)11-12-30(23)28-22)16-17-3-5-19(6-4-17)25(32)27-15-21-2-1-13-33-21/h3-10,14,21H,1-2,11-13,15-16H2,(H,27,32)/t21-/m1/s1. The number of anilines is 1. The highest BCUT2D eigenvalue weighted by atomic mass is 35.5. The van der Waals surface area contributed by atoms with Crippen molar-refractivity contribution in [2.24, 2.45) is 0 Å². The van der Waals surface area contributed by atoms with Crippen LogP contribution in [0.2, 0.25) is 5.02 Å². The van der Waals surface area contributed by atoms with E-state index in [9.17, 15) is 9.59 Å². The number of carbonyl (C=O) groups is 2. The van der Waals surface area contributed by atoms with Gasteiger partial charge in [0.25, 0.3) is 5.91 Å². The molecular weight excluding hydrogens is 440 g/mol. The zero-order valence-corrected chi connectivity index (χ0v) is 18.9. The first-order valence-corrected chi connectivity index (χ1v) is 11.6. The van der Waals surface area contributed by atoms with E-state index in [0.717, 1.165) is 42.1 Å². The third-order valence-electron chi connectivity index (χ3n) is 6.08. The molecule has 0 radical (unpaired) electrons. The van der Waals surface area contributed by atoms with Crippen molar-refractivity contribution in [3.63, 3.8) is 0 Å². The van der Waals surface area contributed by atoms with E-state index in [1.54, 1.807) is 17.0 Å². The summed E-state index contributed by atoms with van der Waals surface area (Å²) in [5.74, 6) is 0.717. The first-order chi connectivity index (χ1) is 16.1. The number of carbonyl (C=O) groups excluding carboxylic acids is 2. The topological polar surface area (TPSA) is 76.5 Å². The van der Waals surface area contributed by atoms with Gasteiger partial charge in [-0.3, -0.25) is 14.5 Å². The maximum Gasteiger partial charge on any atom is 0.251 e. The van der Waals surface area contributed by atoms with Gasteiger partial charge in [0.05, 0.1) is 24.9 Å². The van der Waals surface area contributed by atoms with Crippen LogP contribution in [-0.4, -0.2) is 40.9 Å². The zero-order chi connectivity index (χ0) is 22.8. The fraction of sp³-hybridized carbons (Fsp3) is 0.320. The summed E-state index contributed by atoms with van der Waals surface area (Å²) in [4.78, 5) is 26.9. The van der Waals surface area contributed by atoms with E-state index < -0.39 is 0 Å². The quantitative estimate of drug-likeness (QED) is 0.597. The van der Waals surface area contributed by atoms with E-state index in [2.05, 4.69) is 10.4 Å². The molecular formula is C25H25ClN4O3. The van der Waals surface area contributed by atoms with Crippen LogP contribution in [0, 0.1) is 0 Å². The van der Waals surface area contributed by atoms with Gasteiger partial charge in [0.2, 0.25) is 5.91 Å². The zero-order valence-electron chi connectivity index (χ0n) is 18.2. The summed E-state index contributed by atoms with van der Waals surface area (Å²) in [5.41, 5.74) is 3.30. The van der Waals surface area contributed by atoms with Crippen LogP contribution < -0.4 is 10.2 Å². The minimum atomic E-state index is -0.114. The van der Waals surface area contributed by atoms with E-state index in [1.165, 1.54) is 0 Å². The second-order valence-electron chi connectivity index (χ2n) is 8.39. The molecule has 5 rings (SSSR count). The van der Waals surface area contributed by atoms with Gasteiger partial charge in [-0.05, 0) is 42.7 Å². The van der Waals surface area contributed by atoms with Gasteiger partial charge in [-0.1, -0.05) is 35.9 Å². The van der Waals surface area contributed by atoms with E-state index >= 15 is 0 Å². The van der Waals surface area contributed by atoms with Crippen molar-refractivity contribution in [2.45, 2.75) is 38.5 Å². The minimum Gasteiger partial charge on any atom is -0.376 e. The van der Waals surface area contributed by atoms with E-state index in [1.807, 2.05) is 47.1 Å². The number of nitrogens with zero attached hydrogens (tertiary/aromatic N) is 3. The predicted molar refractivity (Wildman–Crippen MR) is 126 cm³/mol. The Morgan fingerprint density at radius 3 is 2.67 bits per heavy atom. The second-order valence-corrected chi connectivity index (χ2v) is 8.83. The molecule has 0 bridgehead atoms. The molecule has 1 fully saturated rings. The van der Waals surface area contributed by atoms with Crippen molar-refractivity contribution in [1.82, 2.24) is 15.1 Å². The molecule has 2 aliphatic heterocycles. The van der Waals surface area contributed by atoms with E-state index in [4.69, 9.17) is 16.3 Å². The maximum absolute atomic E-state index is 12.7. The van der Waals surface area contributed by atoms with Crippen LogP contribution >= 0.6 is 11.6 Å². The summed E-state index contributed by atoms with van der Waals surface area (Å²) in [7, 11) is 0. The van der Waals surface area contributed by atoms with Gasteiger partial charge in [-0.25, -0.2) is 4.68 Å². The van der Waals surface area contributed by atoms with Crippen LogP contribution in [0.15, 0.2) is 54.6 Å². The number of hydrogen-bond donors (Lipinski definition) is 1. The average molecular weight is 465 g/mol. The van der Waals surface area contributed by atoms with Crippen molar-refractivity contribution in [1.29, 1.82) is 0 Å². The summed E-state index contributed by atoms with van der Waals surface area (Å²) in [5, 5.41) is 8.29. The fourth-order valence-electron chi connectivity index (χ4n) is 4.24. The van der Waals surface area contributed by atoms with Crippen LogP contribution in [0.4, 0.5) is 5.82 Å². The lowest BCUT2D eigenvalue weighted by Crippen LogP contribution is -2.37. The molecule has 8 heteroatoms. The Morgan fingerprint density at radius 1 is 1.15 bits per heavy atom. The van der Waals surface area contributed by atoms with Gasteiger partial charge in [-0.2, -0.15) is 5.10 Å². The molecule has 1 atom stereocenters. The van der Waals surface area contributed by atoms with Crippen molar-refractivity contribution < 1.29 is 14.3 Å². The van der Waals surface area contributed by atoms with Crippen molar-refractivity contribution in [3.05, 3.63) is 70.7 Å². The lowest BCUT2D eigenvalue weighted by Gasteiger charge is -2.27. The molecule has 0 saturated carbocycles. The molecule has 0 spiro atoms. The maximum atomic E-state index is 12.7. The summed E-state index contributed by atoms with van der Waals surface area (Å²) >= 11 is 6.00. The number of amides is 2. The molecule has 1 aromatic heterocycles. The predicted octanol–water partition coefficient (Wildman–Crippen LogP) is 4.05. The lowest BCUT2D eigenvalue weighted by molar-refractivity contribution is -0.119. The van der Waals surface area contributed by atoms with Gasteiger partial charge < -0.3 is 10.1 Å². The Morgan fingerprint density at radius 2 is 1.94 bits per heavy atom. The van der Waals surface area contributed by atoms with Gasteiger partial charge in [0, 0.05) is 41.8 Å². The Labute approximate surface area is 197 Å². The second kappa shape index (κ2) is 9.37. The summed E-state index contributed by atoms with van der Waals surface area (Å²) in [6.45, 7) is 2.28.